The minimum atomic E-state index is -0.186. The Morgan fingerprint density at radius 2 is 2.14 bits per heavy atom. The summed E-state index contributed by atoms with van der Waals surface area (Å²) in [6.07, 6.45) is 0. The van der Waals surface area contributed by atoms with Gasteiger partial charge in [0.15, 0.2) is 0 Å². The van der Waals surface area contributed by atoms with Crippen LogP contribution >= 0.6 is 12.4 Å². The molecule has 1 aromatic carbocycles. The highest BCUT2D eigenvalue weighted by Gasteiger charge is 2.34. The molecule has 1 fully saturated rings. The van der Waals surface area contributed by atoms with Crippen LogP contribution in [-0.2, 0) is 5.54 Å². The second kappa shape index (κ2) is 4.17. The number of nitrogens with one attached hydrogen (secondary N) is 1. The predicted molar refractivity (Wildman–Crippen MR) is 59.0 cm³/mol. The molecule has 0 saturated carbocycles. The Balaban J connectivity index is 0.000000980. The molecule has 1 aliphatic heterocycles. The fraction of sp³-hybridized carbons (Fsp3) is 0.400. The Morgan fingerprint density at radius 3 is 2.64 bits per heavy atom. The van der Waals surface area contributed by atoms with Gasteiger partial charge in [-0.15, -0.1) is 12.4 Å². The summed E-state index contributed by atoms with van der Waals surface area (Å²) in [6.45, 7) is 1.69. The lowest BCUT2D eigenvalue weighted by molar-refractivity contribution is 0.286. The van der Waals surface area contributed by atoms with Gasteiger partial charge in [-0.3, -0.25) is 0 Å². The molecule has 0 spiro atoms. The van der Waals surface area contributed by atoms with Gasteiger partial charge in [0, 0.05) is 13.1 Å². The van der Waals surface area contributed by atoms with E-state index in [1.807, 2.05) is 24.3 Å². The highest BCUT2D eigenvalue weighted by molar-refractivity contribution is 5.85. The highest BCUT2D eigenvalue weighted by atomic mass is 35.5. The third-order valence-electron chi connectivity index (χ3n) is 2.53. The van der Waals surface area contributed by atoms with Crippen molar-refractivity contribution in [1.82, 2.24) is 5.32 Å². The average Bonchev–Trinajstić information content (AvgIpc) is 2.14. The summed E-state index contributed by atoms with van der Waals surface area (Å²) in [4.78, 5) is 0. The van der Waals surface area contributed by atoms with E-state index in [0.717, 1.165) is 24.4 Å². The number of rotatable bonds is 2. The van der Waals surface area contributed by atoms with Crippen LogP contribution in [0.5, 0.6) is 5.75 Å². The van der Waals surface area contributed by atoms with Crippen LogP contribution in [0.15, 0.2) is 24.3 Å². The van der Waals surface area contributed by atoms with Crippen LogP contribution in [0.4, 0.5) is 0 Å². The Bertz CT molecular complexity index is 313. The maximum atomic E-state index is 6.13. The summed E-state index contributed by atoms with van der Waals surface area (Å²) < 4.78 is 5.14. The van der Waals surface area contributed by atoms with Crippen LogP contribution in [0, 0.1) is 0 Å². The average molecular weight is 215 g/mol. The van der Waals surface area contributed by atoms with Gasteiger partial charge in [-0.1, -0.05) is 12.1 Å². The van der Waals surface area contributed by atoms with Gasteiger partial charge in [-0.05, 0) is 17.7 Å². The fourth-order valence-electron chi connectivity index (χ4n) is 1.53. The van der Waals surface area contributed by atoms with Gasteiger partial charge in [0.2, 0.25) is 0 Å². The molecule has 1 aromatic rings. The molecule has 3 nitrogen and oxygen atoms in total. The van der Waals surface area contributed by atoms with Gasteiger partial charge < -0.3 is 15.8 Å². The van der Waals surface area contributed by atoms with E-state index in [0.29, 0.717) is 0 Å². The van der Waals surface area contributed by atoms with Crippen molar-refractivity contribution >= 4 is 12.4 Å². The molecule has 4 heteroatoms. The molecule has 0 aromatic heterocycles. The maximum absolute atomic E-state index is 6.13. The van der Waals surface area contributed by atoms with E-state index in [1.54, 1.807) is 7.11 Å². The molecule has 0 radical (unpaired) electrons. The molecule has 14 heavy (non-hydrogen) atoms. The lowest BCUT2D eigenvalue weighted by Crippen LogP contribution is -2.62. The number of methoxy groups -OCH3 is 1. The van der Waals surface area contributed by atoms with E-state index in [1.165, 1.54) is 0 Å². The number of hydrogen-bond acceptors (Lipinski definition) is 3. The van der Waals surface area contributed by atoms with Crippen LogP contribution in [0.25, 0.3) is 0 Å². The molecule has 0 amide bonds. The van der Waals surface area contributed by atoms with Crippen molar-refractivity contribution < 1.29 is 4.74 Å². The number of ether oxygens (including phenoxy) is 1. The van der Waals surface area contributed by atoms with E-state index in [-0.39, 0.29) is 17.9 Å². The quantitative estimate of drug-likeness (QED) is 0.768. The Morgan fingerprint density at radius 1 is 1.43 bits per heavy atom. The molecule has 0 unspecified atom stereocenters. The molecule has 0 aliphatic carbocycles. The number of hydrogen-bond donors (Lipinski definition) is 2. The van der Waals surface area contributed by atoms with Gasteiger partial charge in [-0.2, -0.15) is 0 Å². The first-order valence-electron chi connectivity index (χ1n) is 4.39. The third-order valence-corrected chi connectivity index (χ3v) is 2.53. The van der Waals surface area contributed by atoms with Crippen LogP contribution in [-0.4, -0.2) is 20.2 Å². The molecule has 0 atom stereocenters. The first kappa shape index (κ1) is 11.3. The largest absolute Gasteiger partial charge is 0.497 e. The summed E-state index contributed by atoms with van der Waals surface area (Å²) in [5.41, 5.74) is 7.09. The normalized spacial score (nSPS) is 17.9. The van der Waals surface area contributed by atoms with Crippen molar-refractivity contribution in [3.63, 3.8) is 0 Å². The van der Waals surface area contributed by atoms with E-state index in [2.05, 4.69) is 5.32 Å². The maximum Gasteiger partial charge on any atom is 0.119 e. The second-order valence-corrected chi connectivity index (χ2v) is 3.49. The standard InChI is InChI=1S/C10H14N2O.ClH/c1-13-9-4-2-3-8(5-9)10(11)6-12-7-10;/h2-5,12H,6-7,11H2,1H3;1H. The first-order valence-corrected chi connectivity index (χ1v) is 4.39. The molecular weight excluding hydrogens is 200 g/mol. The predicted octanol–water partition coefficient (Wildman–Crippen LogP) is 0.874. The van der Waals surface area contributed by atoms with Gasteiger partial charge in [0.1, 0.15) is 5.75 Å². The lowest BCUT2D eigenvalue weighted by Gasteiger charge is -2.39. The molecule has 1 heterocycles. The molecule has 1 aliphatic rings. The summed E-state index contributed by atoms with van der Waals surface area (Å²) in [5.74, 6) is 0.870. The van der Waals surface area contributed by atoms with Crippen molar-refractivity contribution in [2.45, 2.75) is 5.54 Å². The van der Waals surface area contributed by atoms with Crippen molar-refractivity contribution in [2.24, 2.45) is 5.73 Å². The zero-order chi connectivity index (χ0) is 9.31. The smallest absolute Gasteiger partial charge is 0.119 e. The summed E-state index contributed by atoms with van der Waals surface area (Å²) in [5, 5.41) is 3.17. The molecule has 78 valence electrons. The van der Waals surface area contributed by atoms with Gasteiger partial charge in [-0.25, -0.2) is 0 Å². The molecule has 0 bridgehead atoms. The van der Waals surface area contributed by atoms with E-state index in [9.17, 15) is 0 Å². The van der Waals surface area contributed by atoms with Gasteiger partial charge in [0.25, 0.3) is 0 Å². The lowest BCUT2D eigenvalue weighted by atomic mass is 9.85. The number of nitrogens with two attached hydrogens (primary N) is 1. The van der Waals surface area contributed by atoms with Crippen molar-refractivity contribution in [3.8, 4) is 5.75 Å². The zero-order valence-corrected chi connectivity index (χ0v) is 8.93. The zero-order valence-electron chi connectivity index (χ0n) is 8.12. The van der Waals surface area contributed by atoms with E-state index in [4.69, 9.17) is 10.5 Å². The first-order chi connectivity index (χ1) is 6.24. The number of halogens is 1. The minimum Gasteiger partial charge on any atom is -0.497 e. The van der Waals surface area contributed by atoms with E-state index < -0.39 is 0 Å². The SMILES string of the molecule is COc1cccc(C2(N)CNC2)c1.Cl. The van der Waals surface area contributed by atoms with Crippen LogP contribution in [0.2, 0.25) is 0 Å². The van der Waals surface area contributed by atoms with Crippen molar-refractivity contribution in [2.75, 3.05) is 20.2 Å². The topological polar surface area (TPSA) is 47.3 Å². The second-order valence-electron chi connectivity index (χ2n) is 3.49. The van der Waals surface area contributed by atoms with Crippen molar-refractivity contribution in [3.05, 3.63) is 29.8 Å². The fourth-order valence-corrected chi connectivity index (χ4v) is 1.53. The molecule has 3 N–H and O–H groups in total. The number of benzene rings is 1. The minimum absolute atomic E-state index is 0. The summed E-state index contributed by atoms with van der Waals surface area (Å²) in [6, 6.07) is 7.95. The summed E-state index contributed by atoms with van der Waals surface area (Å²) >= 11 is 0. The van der Waals surface area contributed by atoms with Crippen molar-refractivity contribution in [1.29, 1.82) is 0 Å². The Labute approximate surface area is 90.0 Å². The Hall–Kier alpha value is -0.770. The molecule has 2 rings (SSSR count). The van der Waals surface area contributed by atoms with E-state index >= 15 is 0 Å². The van der Waals surface area contributed by atoms with Gasteiger partial charge >= 0.3 is 0 Å². The summed E-state index contributed by atoms with van der Waals surface area (Å²) in [7, 11) is 1.67. The van der Waals surface area contributed by atoms with Crippen LogP contribution < -0.4 is 15.8 Å². The third kappa shape index (κ3) is 1.85. The van der Waals surface area contributed by atoms with Crippen LogP contribution in [0.1, 0.15) is 5.56 Å². The highest BCUT2D eigenvalue weighted by Crippen LogP contribution is 2.25. The monoisotopic (exact) mass is 214 g/mol. The van der Waals surface area contributed by atoms with Gasteiger partial charge in [0.05, 0.1) is 12.6 Å². The Kier molecular flexibility index (Phi) is 3.37. The molecule has 1 saturated heterocycles. The molecular formula is C10H15ClN2O. The van der Waals surface area contributed by atoms with Crippen LogP contribution in [0.3, 0.4) is 0 Å².